The monoisotopic (exact) mass is 470 g/mol. The van der Waals surface area contributed by atoms with Crippen LogP contribution in [0.15, 0.2) is 41.5 Å². The Kier molecular flexibility index (Phi) is 7.52. The van der Waals surface area contributed by atoms with Gasteiger partial charge in [-0.2, -0.15) is 5.10 Å². The number of carbonyl (C=O) groups excluding carboxylic acids is 1. The number of halogens is 1. The summed E-state index contributed by atoms with van der Waals surface area (Å²) < 4.78 is 22.3. The van der Waals surface area contributed by atoms with Gasteiger partial charge in [-0.05, 0) is 59.0 Å². The number of rotatable bonds is 8. The second-order valence-corrected chi connectivity index (χ2v) is 6.24. The van der Waals surface area contributed by atoms with Crippen molar-refractivity contribution in [2.24, 2.45) is 5.10 Å². The molecule has 2 rings (SSSR count). The van der Waals surface area contributed by atoms with Crippen molar-refractivity contribution in [3.8, 4) is 23.0 Å². The molecule has 0 saturated heterocycles. The molecule has 0 spiro atoms. The van der Waals surface area contributed by atoms with E-state index < -0.39 is 0 Å². The average Bonchev–Trinajstić information content (AvgIpc) is 2.66. The van der Waals surface area contributed by atoms with Gasteiger partial charge in [0.25, 0.3) is 5.91 Å². The lowest BCUT2D eigenvalue weighted by Gasteiger charge is -2.12. The molecule has 0 aliphatic carbocycles. The summed E-state index contributed by atoms with van der Waals surface area (Å²) >= 11 is 2.20. The molecule has 138 valence electrons. The fraction of sp³-hybridized carbons (Fsp3) is 0.222. The van der Waals surface area contributed by atoms with Gasteiger partial charge in [0.1, 0.15) is 5.75 Å². The first-order chi connectivity index (χ1) is 12.6. The average molecular weight is 470 g/mol. The molecule has 0 saturated carbocycles. The van der Waals surface area contributed by atoms with E-state index in [4.69, 9.17) is 18.9 Å². The van der Waals surface area contributed by atoms with Crippen molar-refractivity contribution in [2.75, 3.05) is 27.9 Å². The summed E-state index contributed by atoms with van der Waals surface area (Å²) in [7, 11) is 4.59. The Balaban J connectivity index is 1.94. The quantitative estimate of drug-likeness (QED) is 0.365. The third-order valence-corrected chi connectivity index (χ3v) is 3.99. The summed E-state index contributed by atoms with van der Waals surface area (Å²) in [5.74, 6) is 1.74. The summed E-state index contributed by atoms with van der Waals surface area (Å²) in [4.78, 5) is 11.8. The van der Waals surface area contributed by atoms with E-state index in [9.17, 15) is 4.79 Å². The summed E-state index contributed by atoms with van der Waals surface area (Å²) in [5, 5.41) is 3.92. The summed E-state index contributed by atoms with van der Waals surface area (Å²) in [6, 6.07) is 10.8. The number of nitrogens with zero attached hydrogens (tertiary/aromatic N) is 1. The van der Waals surface area contributed by atoms with Crippen molar-refractivity contribution in [3.63, 3.8) is 0 Å². The smallest absolute Gasteiger partial charge is 0.277 e. The number of amides is 1. The Morgan fingerprint density at radius 1 is 1.08 bits per heavy atom. The van der Waals surface area contributed by atoms with Crippen molar-refractivity contribution in [1.29, 1.82) is 0 Å². The predicted molar refractivity (Wildman–Crippen MR) is 106 cm³/mol. The van der Waals surface area contributed by atoms with Gasteiger partial charge in [-0.15, -0.1) is 0 Å². The summed E-state index contributed by atoms with van der Waals surface area (Å²) in [6.45, 7) is -0.132. The highest BCUT2D eigenvalue weighted by Gasteiger charge is 2.12. The van der Waals surface area contributed by atoms with Gasteiger partial charge in [0.05, 0.1) is 27.5 Å². The Labute approximate surface area is 165 Å². The zero-order valence-corrected chi connectivity index (χ0v) is 16.8. The third-order valence-electron chi connectivity index (χ3n) is 3.27. The molecule has 0 unspecified atom stereocenters. The highest BCUT2D eigenvalue weighted by atomic mass is 127. The van der Waals surface area contributed by atoms with Crippen LogP contribution in [-0.2, 0) is 4.79 Å². The molecule has 2 aromatic rings. The van der Waals surface area contributed by atoms with E-state index >= 15 is 0 Å². The molecular formula is C18H19IN2O5. The molecule has 2 aromatic carbocycles. The zero-order valence-electron chi connectivity index (χ0n) is 14.6. The molecule has 1 N–H and O–H groups in total. The van der Waals surface area contributed by atoms with Gasteiger partial charge in [-0.3, -0.25) is 4.79 Å². The molecule has 0 bridgehead atoms. The second-order valence-electron chi connectivity index (χ2n) is 4.99. The van der Waals surface area contributed by atoms with Gasteiger partial charge < -0.3 is 18.9 Å². The third kappa shape index (κ3) is 5.51. The van der Waals surface area contributed by atoms with E-state index in [0.717, 1.165) is 3.57 Å². The molecule has 0 heterocycles. The molecule has 7 nitrogen and oxygen atoms in total. The maximum atomic E-state index is 11.8. The molecule has 8 heteroatoms. The van der Waals surface area contributed by atoms with Crippen molar-refractivity contribution >= 4 is 34.7 Å². The molecule has 26 heavy (non-hydrogen) atoms. The Hall–Kier alpha value is -2.49. The lowest BCUT2D eigenvalue weighted by Crippen LogP contribution is -2.24. The SMILES string of the molecule is COc1cc(/C=N\NC(=O)COc2ccc(I)cc2)cc(OC)c1OC. The number of nitrogens with one attached hydrogen (secondary N) is 1. The van der Waals surface area contributed by atoms with Crippen LogP contribution in [0.2, 0.25) is 0 Å². The second kappa shape index (κ2) is 9.85. The number of hydrogen-bond donors (Lipinski definition) is 1. The first-order valence-electron chi connectivity index (χ1n) is 7.57. The van der Waals surface area contributed by atoms with Gasteiger partial charge in [0.2, 0.25) is 5.75 Å². The number of hydrazone groups is 1. The molecular weight excluding hydrogens is 451 g/mol. The molecule has 0 aliphatic heterocycles. The highest BCUT2D eigenvalue weighted by Crippen LogP contribution is 2.37. The minimum Gasteiger partial charge on any atom is -0.493 e. The number of benzene rings is 2. The van der Waals surface area contributed by atoms with E-state index in [0.29, 0.717) is 28.6 Å². The van der Waals surface area contributed by atoms with Crippen LogP contribution < -0.4 is 24.4 Å². The van der Waals surface area contributed by atoms with E-state index in [1.54, 1.807) is 24.3 Å². The predicted octanol–water partition coefficient (Wildman–Crippen LogP) is 2.85. The van der Waals surface area contributed by atoms with E-state index in [-0.39, 0.29) is 12.5 Å². The van der Waals surface area contributed by atoms with Gasteiger partial charge in [0, 0.05) is 9.13 Å². The van der Waals surface area contributed by atoms with E-state index in [2.05, 4.69) is 33.1 Å². The summed E-state index contributed by atoms with van der Waals surface area (Å²) in [5.41, 5.74) is 3.09. The minimum atomic E-state index is -0.368. The number of carbonyl (C=O) groups is 1. The van der Waals surface area contributed by atoms with Gasteiger partial charge in [-0.1, -0.05) is 0 Å². The first-order valence-corrected chi connectivity index (χ1v) is 8.65. The largest absolute Gasteiger partial charge is 0.493 e. The maximum Gasteiger partial charge on any atom is 0.277 e. The fourth-order valence-electron chi connectivity index (χ4n) is 2.07. The van der Waals surface area contributed by atoms with Crippen molar-refractivity contribution in [1.82, 2.24) is 5.43 Å². The topological polar surface area (TPSA) is 78.4 Å². The number of methoxy groups -OCH3 is 3. The van der Waals surface area contributed by atoms with Gasteiger partial charge in [-0.25, -0.2) is 5.43 Å². The molecule has 0 atom stereocenters. The highest BCUT2D eigenvalue weighted by molar-refractivity contribution is 14.1. The lowest BCUT2D eigenvalue weighted by atomic mass is 10.2. The van der Waals surface area contributed by atoms with Crippen LogP contribution in [0, 0.1) is 3.57 Å². The van der Waals surface area contributed by atoms with Crippen LogP contribution in [0.5, 0.6) is 23.0 Å². The zero-order chi connectivity index (χ0) is 18.9. The normalized spacial score (nSPS) is 10.5. The van der Waals surface area contributed by atoms with Crippen LogP contribution in [0.25, 0.3) is 0 Å². The number of ether oxygens (including phenoxy) is 4. The fourth-order valence-corrected chi connectivity index (χ4v) is 2.43. The standard InChI is InChI=1S/C18H19IN2O5/c1-23-15-8-12(9-16(24-2)18(15)25-3)10-20-21-17(22)11-26-14-6-4-13(19)5-7-14/h4-10H,11H2,1-3H3,(H,21,22)/b20-10-. The van der Waals surface area contributed by atoms with E-state index in [1.165, 1.54) is 27.5 Å². The first kappa shape index (κ1) is 19.8. The van der Waals surface area contributed by atoms with Crippen molar-refractivity contribution in [2.45, 2.75) is 0 Å². The summed E-state index contributed by atoms with van der Waals surface area (Å²) in [6.07, 6.45) is 1.48. The molecule has 0 aliphatic rings. The van der Waals surface area contributed by atoms with E-state index in [1.807, 2.05) is 12.1 Å². The van der Waals surface area contributed by atoms with Crippen LogP contribution in [0.3, 0.4) is 0 Å². The van der Waals surface area contributed by atoms with Crippen molar-refractivity contribution in [3.05, 3.63) is 45.5 Å². The van der Waals surface area contributed by atoms with Crippen LogP contribution in [0.4, 0.5) is 0 Å². The Morgan fingerprint density at radius 2 is 1.69 bits per heavy atom. The lowest BCUT2D eigenvalue weighted by molar-refractivity contribution is -0.123. The Bertz CT molecular complexity index is 753. The minimum absolute atomic E-state index is 0.132. The molecule has 1 amide bonds. The van der Waals surface area contributed by atoms with Gasteiger partial charge in [0.15, 0.2) is 18.1 Å². The van der Waals surface area contributed by atoms with Crippen LogP contribution in [-0.4, -0.2) is 40.1 Å². The maximum absolute atomic E-state index is 11.8. The van der Waals surface area contributed by atoms with Crippen LogP contribution >= 0.6 is 22.6 Å². The van der Waals surface area contributed by atoms with Gasteiger partial charge >= 0.3 is 0 Å². The van der Waals surface area contributed by atoms with Crippen LogP contribution in [0.1, 0.15) is 5.56 Å². The number of hydrogen-bond acceptors (Lipinski definition) is 6. The van der Waals surface area contributed by atoms with Crippen molar-refractivity contribution < 1.29 is 23.7 Å². The Morgan fingerprint density at radius 3 is 2.23 bits per heavy atom. The molecule has 0 fully saturated rings. The molecule has 0 aromatic heterocycles. The molecule has 0 radical (unpaired) electrons.